The van der Waals surface area contributed by atoms with E-state index in [4.69, 9.17) is 16.3 Å². The summed E-state index contributed by atoms with van der Waals surface area (Å²) in [5.74, 6) is -0.823. The average molecular weight is 396 g/mol. The summed E-state index contributed by atoms with van der Waals surface area (Å²) in [5, 5.41) is 12.6. The number of carbonyl (C=O) groups is 2. The number of benzene rings is 3. The lowest BCUT2D eigenvalue weighted by molar-refractivity contribution is -0.119. The number of halogens is 1. The van der Waals surface area contributed by atoms with Crippen molar-refractivity contribution in [2.75, 3.05) is 11.9 Å². The van der Waals surface area contributed by atoms with Gasteiger partial charge in [0.05, 0.1) is 5.56 Å². The van der Waals surface area contributed by atoms with Gasteiger partial charge in [-0.2, -0.15) is 0 Å². The van der Waals surface area contributed by atoms with Crippen LogP contribution in [0.4, 0.5) is 5.69 Å². The minimum Gasteiger partial charge on any atom is -0.508 e. The first-order valence-electron chi connectivity index (χ1n) is 8.55. The molecule has 0 unspecified atom stereocenters. The quantitative estimate of drug-likeness (QED) is 0.607. The standard InChI is InChI=1S/C22H18ClNO4/c1-14-12-18(23)8-11-20(14)24-21(26)13-28-22(27)17-4-2-15(3-5-17)16-6-9-19(25)10-7-16/h2-12,25H,13H2,1H3,(H,24,26). The van der Waals surface area contributed by atoms with Gasteiger partial charge in [0.15, 0.2) is 6.61 Å². The normalized spacial score (nSPS) is 10.4. The maximum atomic E-state index is 12.2. The zero-order valence-corrected chi connectivity index (χ0v) is 15.9. The lowest BCUT2D eigenvalue weighted by Gasteiger charge is -2.09. The van der Waals surface area contributed by atoms with Gasteiger partial charge in [0.1, 0.15) is 5.75 Å². The monoisotopic (exact) mass is 395 g/mol. The highest BCUT2D eigenvalue weighted by molar-refractivity contribution is 6.30. The Morgan fingerprint density at radius 1 is 0.964 bits per heavy atom. The Morgan fingerprint density at radius 2 is 1.57 bits per heavy atom. The maximum absolute atomic E-state index is 12.2. The molecule has 0 bridgehead atoms. The summed E-state index contributed by atoms with van der Waals surface area (Å²) < 4.78 is 5.08. The lowest BCUT2D eigenvalue weighted by Crippen LogP contribution is -2.21. The Bertz CT molecular complexity index is 998. The molecule has 0 aliphatic carbocycles. The van der Waals surface area contributed by atoms with Crippen LogP contribution in [-0.4, -0.2) is 23.6 Å². The Balaban J connectivity index is 1.57. The van der Waals surface area contributed by atoms with Crippen molar-refractivity contribution in [3.05, 3.63) is 82.9 Å². The number of rotatable bonds is 5. The molecule has 0 saturated heterocycles. The molecule has 2 N–H and O–H groups in total. The van der Waals surface area contributed by atoms with E-state index in [2.05, 4.69) is 5.32 Å². The van der Waals surface area contributed by atoms with Crippen molar-refractivity contribution >= 4 is 29.2 Å². The number of hydrogen-bond acceptors (Lipinski definition) is 4. The minimum absolute atomic E-state index is 0.191. The van der Waals surface area contributed by atoms with Gasteiger partial charge in [0.25, 0.3) is 5.91 Å². The molecule has 1 amide bonds. The van der Waals surface area contributed by atoms with Gasteiger partial charge in [-0.1, -0.05) is 35.9 Å². The van der Waals surface area contributed by atoms with E-state index in [0.717, 1.165) is 16.7 Å². The second kappa shape index (κ2) is 8.59. The van der Waals surface area contributed by atoms with E-state index < -0.39 is 11.9 Å². The number of amides is 1. The number of hydrogen-bond donors (Lipinski definition) is 2. The predicted molar refractivity (Wildman–Crippen MR) is 109 cm³/mol. The number of phenolic OH excluding ortho intramolecular Hbond substituents is 1. The Hall–Kier alpha value is -3.31. The number of aryl methyl sites for hydroxylation is 1. The van der Waals surface area contributed by atoms with Crippen molar-refractivity contribution in [2.45, 2.75) is 6.92 Å². The van der Waals surface area contributed by atoms with Crippen LogP contribution in [-0.2, 0) is 9.53 Å². The van der Waals surface area contributed by atoms with Crippen LogP contribution in [0.25, 0.3) is 11.1 Å². The van der Waals surface area contributed by atoms with E-state index in [1.807, 2.05) is 6.92 Å². The summed E-state index contributed by atoms with van der Waals surface area (Å²) in [7, 11) is 0. The Morgan fingerprint density at radius 3 is 2.18 bits per heavy atom. The van der Waals surface area contributed by atoms with E-state index in [-0.39, 0.29) is 12.4 Å². The highest BCUT2D eigenvalue weighted by atomic mass is 35.5. The first kappa shape index (κ1) is 19.5. The number of nitrogens with one attached hydrogen (secondary N) is 1. The van der Waals surface area contributed by atoms with Crippen LogP contribution in [0.3, 0.4) is 0 Å². The first-order chi connectivity index (χ1) is 13.4. The summed E-state index contributed by atoms with van der Waals surface area (Å²) in [6.07, 6.45) is 0. The first-order valence-corrected chi connectivity index (χ1v) is 8.93. The molecule has 0 saturated carbocycles. The molecule has 0 heterocycles. The van der Waals surface area contributed by atoms with Gasteiger partial charge in [-0.3, -0.25) is 4.79 Å². The fourth-order valence-corrected chi connectivity index (χ4v) is 2.85. The molecule has 5 nitrogen and oxygen atoms in total. The van der Waals surface area contributed by atoms with Crippen molar-refractivity contribution in [1.29, 1.82) is 0 Å². The molecule has 0 atom stereocenters. The highest BCUT2D eigenvalue weighted by Gasteiger charge is 2.11. The number of esters is 1. The smallest absolute Gasteiger partial charge is 0.338 e. The second-order valence-electron chi connectivity index (χ2n) is 6.21. The molecule has 0 aliphatic rings. The van der Waals surface area contributed by atoms with Crippen LogP contribution in [0.5, 0.6) is 5.75 Å². The molecular formula is C22H18ClNO4. The SMILES string of the molecule is Cc1cc(Cl)ccc1NC(=O)COC(=O)c1ccc(-c2ccc(O)cc2)cc1. The molecule has 142 valence electrons. The fraction of sp³-hybridized carbons (Fsp3) is 0.0909. The second-order valence-corrected chi connectivity index (χ2v) is 6.64. The van der Waals surface area contributed by atoms with Gasteiger partial charge in [0, 0.05) is 10.7 Å². The number of anilines is 1. The van der Waals surface area contributed by atoms with Crippen molar-refractivity contribution < 1.29 is 19.4 Å². The average Bonchev–Trinajstić information content (AvgIpc) is 2.69. The van der Waals surface area contributed by atoms with E-state index in [1.165, 1.54) is 0 Å². The summed E-state index contributed by atoms with van der Waals surface area (Å²) in [4.78, 5) is 24.2. The van der Waals surface area contributed by atoms with Gasteiger partial charge < -0.3 is 15.2 Å². The number of carbonyl (C=O) groups excluding carboxylic acids is 2. The third kappa shape index (κ3) is 4.90. The predicted octanol–water partition coefficient (Wildman–Crippen LogP) is 4.82. The zero-order chi connectivity index (χ0) is 20.1. The highest BCUT2D eigenvalue weighted by Crippen LogP contribution is 2.22. The fourth-order valence-electron chi connectivity index (χ4n) is 2.62. The molecule has 0 fully saturated rings. The molecule has 28 heavy (non-hydrogen) atoms. The van der Waals surface area contributed by atoms with E-state index in [9.17, 15) is 14.7 Å². The van der Waals surface area contributed by atoms with Crippen molar-refractivity contribution in [3.8, 4) is 16.9 Å². The summed E-state index contributed by atoms with van der Waals surface area (Å²) in [6.45, 7) is 1.43. The Labute approximate surface area is 167 Å². The third-order valence-electron chi connectivity index (χ3n) is 4.12. The molecule has 3 rings (SSSR count). The largest absolute Gasteiger partial charge is 0.508 e. The van der Waals surface area contributed by atoms with Gasteiger partial charge in [-0.15, -0.1) is 0 Å². The molecular weight excluding hydrogens is 378 g/mol. The van der Waals surface area contributed by atoms with Crippen molar-refractivity contribution in [3.63, 3.8) is 0 Å². The molecule has 3 aromatic rings. The summed E-state index contributed by atoms with van der Waals surface area (Å²) in [6, 6.07) is 18.7. The van der Waals surface area contributed by atoms with Crippen molar-refractivity contribution in [1.82, 2.24) is 0 Å². The molecule has 3 aromatic carbocycles. The van der Waals surface area contributed by atoms with Gasteiger partial charge >= 0.3 is 5.97 Å². The molecule has 6 heteroatoms. The summed E-state index contributed by atoms with van der Waals surface area (Å²) in [5.41, 5.74) is 3.58. The van der Waals surface area contributed by atoms with E-state index in [1.54, 1.807) is 66.7 Å². The number of phenols is 1. The van der Waals surface area contributed by atoms with Crippen molar-refractivity contribution in [2.24, 2.45) is 0 Å². The van der Waals surface area contributed by atoms with Crippen LogP contribution < -0.4 is 5.32 Å². The van der Waals surface area contributed by atoms with Crippen LogP contribution in [0.15, 0.2) is 66.7 Å². The molecule has 0 spiro atoms. The van der Waals surface area contributed by atoms with Gasteiger partial charge in [-0.05, 0) is 66.1 Å². The minimum atomic E-state index is -0.583. The maximum Gasteiger partial charge on any atom is 0.338 e. The lowest BCUT2D eigenvalue weighted by atomic mass is 10.0. The van der Waals surface area contributed by atoms with Gasteiger partial charge in [0.2, 0.25) is 0 Å². The zero-order valence-electron chi connectivity index (χ0n) is 15.1. The molecule has 0 aromatic heterocycles. The Kier molecular flexibility index (Phi) is 5.96. The van der Waals surface area contributed by atoms with E-state index in [0.29, 0.717) is 16.3 Å². The summed E-state index contributed by atoms with van der Waals surface area (Å²) >= 11 is 5.89. The van der Waals surface area contributed by atoms with Gasteiger partial charge in [-0.25, -0.2) is 4.79 Å². The van der Waals surface area contributed by atoms with Crippen LogP contribution in [0, 0.1) is 6.92 Å². The molecule has 0 aliphatic heterocycles. The van der Waals surface area contributed by atoms with Crippen LogP contribution >= 0.6 is 11.6 Å². The number of aromatic hydroxyl groups is 1. The van der Waals surface area contributed by atoms with Crippen LogP contribution in [0.2, 0.25) is 5.02 Å². The topological polar surface area (TPSA) is 75.6 Å². The van der Waals surface area contributed by atoms with E-state index >= 15 is 0 Å². The van der Waals surface area contributed by atoms with Crippen LogP contribution in [0.1, 0.15) is 15.9 Å². The third-order valence-corrected chi connectivity index (χ3v) is 4.35. The molecule has 0 radical (unpaired) electrons. The number of ether oxygens (including phenoxy) is 1.